The van der Waals surface area contributed by atoms with E-state index in [2.05, 4.69) is 31.1 Å². The summed E-state index contributed by atoms with van der Waals surface area (Å²) in [5.41, 5.74) is 3.62. The van der Waals surface area contributed by atoms with E-state index < -0.39 is 82.0 Å². The molecule has 6 aromatic carbocycles. The summed E-state index contributed by atoms with van der Waals surface area (Å²) in [6, 6.07) is 24.3. The lowest BCUT2D eigenvalue weighted by Gasteiger charge is -2.31. The number of urea groups is 1. The predicted molar refractivity (Wildman–Crippen MR) is 336 cm³/mol. The zero-order valence-electron chi connectivity index (χ0n) is 51.0. The molecular weight excluding hydrogens is 1190 g/mol. The van der Waals surface area contributed by atoms with Crippen LogP contribution in [0.1, 0.15) is 109 Å². The number of rotatable bonds is 16. The molecular formula is C70H71F8N7O6. The maximum Gasteiger partial charge on any atom is 0.321 e. The molecule has 1 aliphatic heterocycles. The topological polar surface area (TPSA) is 160 Å². The van der Waals surface area contributed by atoms with Crippen molar-refractivity contribution in [3.05, 3.63) is 224 Å². The van der Waals surface area contributed by atoms with Crippen molar-refractivity contribution < 1.29 is 63.9 Å². The number of ketones is 2. The van der Waals surface area contributed by atoms with Crippen molar-refractivity contribution in [2.24, 2.45) is 0 Å². The highest BCUT2D eigenvalue weighted by Gasteiger charge is 2.31. The second-order valence-electron chi connectivity index (χ2n) is 21.9. The first-order chi connectivity index (χ1) is 43.6. The highest BCUT2D eigenvalue weighted by molar-refractivity contribution is 6.15. The van der Waals surface area contributed by atoms with E-state index in [9.17, 15) is 63.9 Å². The van der Waals surface area contributed by atoms with Gasteiger partial charge < -0.3 is 31.1 Å². The largest absolute Gasteiger partial charge is 0.349 e. The molecule has 6 aromatic rings. The Labute approximate surface area is 523 Å². The van der Waals surface area contributed by atoms with Crippen molar-refractivity contribution in [1.82, 2.24) is 25.3 Å². The molecule has 0 aromatic heterocycles. The zero-order valence-corrected chi connectivity index (χ0v) is 51.0. The van der Waals surface area contributed by atoms with Gasteiger partial charge in [0.25, 0.3) is 11.8 Å². The minimum Gasteiger partial charge on any atom is -0.349 e. The molecule has 3 fully saturated rings. The summed E-state index contributed by atoms with van der Waals surface area (Å²) in [7, 11) is 2.04. The van der Waals surface area contributed by atoms with Gasteiger partial charge in [-0.25, -0.2) is 39.9 Å². The summed E-state index contributed by atoms with van der Waals surface area (Å²) in [6.07, 6.45) is 7.71. The molecule has 9 rings (SSSR count). The Kier molecular flexibility index (Phi) is 25.0. The fourth-order valence-electron chi connectivity index (χ4n) is 10.3. The van der Waals surface area contributed by atoms with Crippen LogP contribution in [0.25, 0.3) is 24.3 Å². The number of carbonyl (C=O) groups excluding carboxylic acids is 6. The molecule has 2 aliphatic carbocycles. The van der Waals surface area contributed by atoms with Crippen LogP contribution in [0.2, 0.25) is 0 Å². The molecule has 0 atom stereocenters. The van der Waals surface area contributed by atoms with E-state index in [0.29, 0.717) is 35.6 Å². The van der Waals surface area contributed by atoms with Crippen molar-refractivity contribution in [2.45, 2.75) is 78.3 Å². The molecule has 1 saturated heterocycles. The number of nitrogens with zero attached hydrogens (tertiary/aromatic N) is 3. The fourth-order valence-corrected chi connectivity index (χ4v) is 10.3. The minimum atomic E-state index is -1.08. The van der Waals surface area contributed by atoms with Gasteiger partial charge in [-0.15, -0.1) is 0 Å². The van der Waals surface area contributed by atoms with E-state index in [0.717, 1.165) is 87.6 Å². The maximum atomic E-state index is 13.9. The van der Waals surface area contributed by atoms with Gasteiger partial charge in [-0.05, 0) is 189 Å². The Balaban J connectivity index is 0.000000252. The number of piperazine rings is 1. The summed E-state index contributed by atoms with van der Waals surface area (Å²) in [6.45, 7) is 12.9. The van der Waals surface area contributed by atoms with Crippen LogP contribution in [0, 0.1) is 46.5 Å². The van der Waals surface area contributed by atoms with Crippen LogP contribution >= 0.6 is 0 Å². The fraction of sp³-hybridized carbons (Fsp3) is 0.286. The lowest BCUT2D eigenvalue weighted by atomic mass is 9.83. The molecule has 13 nitrogen and oxygen atoms in total. The van der Waals surface area contributed by atoms with Crippen LogP contribution in [0.4, 0.5) is 51.3 Å². The molecule has 0 spiro atoms. The van der Waals surface area contributed by atoms with Crippen LogP contribution < -0.4 is 21.3 Å². The Morgan fingerprint density at radius 2 is 0.780 bits per heavy atom. The lowest BCUT2D eigenvalue weighted by molar-refractivity contribution is -0.117. The van der Waals surface area contributed by atoms with Gasteiger partial charge in [0.1, 0.15) is 0 Å². The van der Waals surface area contributed by atoms with E-state index in [1.165, 1.54) is 48.6 Å². The van der Waals surface area contributed by atoms with Gasteiger partial charge in [0.15, 0.2) is 58.1 Å². The van der Waals surface area contributed by atoms with Crippen molar-refractivity contribution in [3.63, 3.8) is 0 Å². The molecule has 3 aliphatic rings. The number of halogens is 8. The number of carbonyl (C=O) groups is 6. The summed E-state index contributed by atoms with van der Waals surface area (Å²) < 4.78 is 109. The number of benzene rings is 6. The van der Waals surface area contributed by atoms with E-state index in [1.54, 1.807) is 53.4 Å². The van der Waals surface area contributed by atoms with Crippen LogP contribution in [0.5, 0.6) is 0 Å². The molecule has 0 radical (unpaired) electrons. The van der Waals surface area contributed by atoms with Crippen LogP contribution in [0.15, 0.2) is 144 Å². The molecule has 21 heteroatoms. The third-order valence-electron chi connectivity index (χ3n) is 14.9. The molecule has 0 unspecified atom stereocenters. The van der Waals surface area contributed by atoms with Gasteiger partial charge in [0.05, 0.1) is 6.54 Å². The van der Waals surface area contributed by atoms with E-state index in [1.807, 2.05) is 34.7 Å². The highest BCUT2D eigenvalue weighted by atomic mass is 19.2. The maximum absolute atomic E-state index is 13.9. The Morgan fingerprint density at radius 1 is 0.462 bits per heavy atom. The first-order valence-corrected chi connectivity index (χ1v) is 29.9. The SMILES string of the molecule is CC.CCCN(CCC)C(=O)Nc1ccc(C(=O)NC2C/C(=C\c3ccc(F)c(F)c3)C(=O)/C(=C/c3ccc(F)c(F)c3)C2)cc1.CN1CCN(CC(=O)Nc2ccc(C(=O)NC3C/C(=C\c4ccc(F)c(F)c4)C(=O)/C(=C/c4ccc(F)c(F)c4)C3)cc2)CC1. The number of hydrogen-bond acceptors (Lipinski definition) is 8. The zero-order chi connectivity index (χ0) is 65.9. The van der Waals surface area contributed by atoms with Gasteiger partial charge in [0, 0.05) is 96.1 Å². The Hall–Kier alpha value is -9.34. The summed E-state index contributed by atoms with van der Waals surface area (Å²) in [5, 5.41) is 11.5. The Morgan fingerprint density at radius 3 is 1.09 bits per heavy atom. The summed E-state index contributed by atoms with van der Waals surface area (Å²) in [5.74, 6) is -10.3. The van der Waals surface area contributed by atoms with Gasteiger partial charge in [0.2, 0.25) is 5.91 Å². The standard InChI is InChI=1S/C34H32F4N4O3.C34H33F4N3O3.C2H6/c1-41-10-12-42(13-11-41)20-32(43)39-26-6-4-23(5-7-26)34(45)40-27-18-24(14-21-2-8-28(35)30(37)16-21)33(44)25(19-27)15-22-3-9-29(36)31(38)17-22;1-3-13-41(14-4-2)34(44)40-26-9-7-23(8-10-26)33(43)39-27-19-24(15-21-5-11-28(35)30(37)17-21)32(42)25(20-27)16-22-6-12-29(36)31(38)18-22;1-2/h2-9,14-17,27H,10-13,18-20H2,1H3,(H,39,43)(H,40,45);5-12,15-18,27H,3-4,13-14,19-20H2,1-2H3,(H,39,43)(H,40,44);1-2H3/b24-14+,25-15+;24-15+,25-16+;. The minimum absolute atomic E-state index is 0.0948. The first kappa shape index (κ1) is 69.1. The predicted octanol–water partition coefficient (Wildman–Crippen LogP) is 13.6. The van der Waals surface area contributed by atoms with E-state index >= 15 is 0 Å². The number of nitrogens with one attached hydrogen (secondary N) is 4. The molecule has 4 N–H and O–H groups in total. The second kappa shape index (κ2) is 32.9. The Bertz CT molecular complexity index is 3600. The number of Topliss-reactive ketones (excluding diaryl/α,β-unsaturated/α-hetero) is 2. The average Bonchev–Trinajstić information content (AvgIpc) is 2.22. The number of amides is 5. The lowest BCUT2D eigenvalue weighted by Crippen LogP contribution is -2.47. The molecule has 0 bridgehead atoms. The van der Waals surface area contributed by atoms with Gasteiger partial charge in [-0.2, -0.15) is 0 Å². The quantitative estimate of drug-likeness (QED) is 0.0550. The third kappa shape index (κ3) is 19.8. The van der Waals surface area contributed by atoms with Crippen molar-refractivity contribution in [1.29, 1.82) is 0 Å². The van der Waals surface area contributed by atoms with E-state index in [-0.39, 0.29) is 88.7 Å². The van der Waals surface area contributed by atoms with Gasteiger partial charge >= 0.3 is 6.03 Å². The van der Waals surface area contributed by atoms with Crippen LogP contribution in [-0.4, -0.2) is 115 Å². The number of likely N-dealkylation sites (N-methyl/N-ethyl adjacent to an activating group) is 1. The summed E-state index contributed by atoms with van der Waals surface area (Å²) >= 11 is 0. The normalized spacial score (nSPS) is 17.8. The van der Waals surface area contributed by atoms with Crippen molar-refractivity contribution in [3.8, 4) is 0 Å². The number of anilines is 2. The smallest absolute Gasteiger partial charge is 0.321 e. The van der Waals surface area contributed by atoms with Crippen molar-refractivity contribution in [2.75, 3.05) is 63.5 Å². The van der Waals surface area contributed by atoms with Crippen molar-refractivity contribution >= 4 is 71.0 Å². The highest BCUT2D eigenvalue weighted by Crippen LogP contribution is 2.32. The monoisotopic (exact) mass is 1260 g/mol. The molecule has 478 valence electrons. The van der Waals surface area contributed by atoms with Gasteiger partial charge in [-0.3, -0.25) is 28.9 Å². The molecule has 91 heavy (non-hydrogen) atoms. The molecule has 5 amide bonds. The van der Waals surface area contributed by atoms with Gasteiger partial charge in [-0.1, -0.05) is 52.0 Å². The van der Waals surface area contributed by atoms with E-state index in [4.69, 9.17) is 0 Å². The first-order valence-electron chi connectivity index (χ1n) is 29.9. The summed E-state index contributed by atoms with van der Waals surface area (Å²) in [4.78, 5) is 84.3. The van der Waals surface area contributed by atoms with Crippen LogP contribution in [0.3, 0.4) is 0 Å². The number of hydrogen-bond donors (Lipinski definition) is 4. The molecule has 2 saturated carbocycles. The molecule has 1 heterocycles. The van der Waals surface area contributed by atoms with Crippen LogP contribution in [-0.2, 0) is 14.4 Å². The third-order valence-corrected chi connectivity index (χ3v) is 14.9. The average molecular weight is 1260 g/mol. The second-order valence-corrected chi connectivity index (χ2v) is 21.9.